The average Bonchev–Trinajstić information content (AvgIpc) is 2.29. The molecule has 0 bridgehead atoms. The predicted octanol–water partition coefficient (Wildman–Crippen LogP) is 0.882. The summed E-state index contributed by atoms with van der Waals surface area (Å²) < 4.78 is 0. The molecule has 2 N–H and O–H groups in total. The molecule has 0 aliphatic heterocycles. The SMILES string of the molecule is CCN(C)CCNc1cncc(NC)n1. The van der Waals surface area contributed by atoms with Gasteiger partial charge in [0.15, 0.2) is 0 Å². The second kappa shape index (κ2) is 6.19. The summed E-state index contributed by atoms with van der Waals surface area (Å²) in [6.45, 7) is 5.08. The zero-order valence-corrected chi connectivity index (χ0v) is 9.62. The third-order valence-electron chi connectivity index (χ3n) is 2.23. The van der Waals surface area contributed by atoms with E-state index in [9.17, 15) is 0 Å². The van der Waals surface area contributed by atoms with Crippen molar-refractivity contribution in [1.29, 1.82) is 0 Å². The molecule has 5 heteroatoms. The molecule has 5 nitrogen and oxygen atoms in total. The molecule has 1 aromatic rings. The maximum Gasteiger partial charge on any atom is 0.147 e. The highest BCUT2D eigenvalue weighted by Gasteiger charge is 1.97. The van der Waals surface area contributed by atoms with Crippen LogP contribution < -0.4 is 10.6 Å². The summed E-state index contributed by atoms with van der Waals surface area (Å²) in [6.07, 6.45) is 3.43. The van der Waals surface area contributed by atoms with Crippen LogP contribution in [0.5, 0.6) is 0 Å². The minimum Gasteiger partial charge on any atom is -0.372 e. The molecular weight excluding hydrogens is 190 g/mol. The van der Waals surface area contributed by atoms with Crippen molar-refractivity contribution in [2.24, 2.45) is 0 Å². The third kappa shape index (κ3) is 4.12. The van der Waals surface area contributed by atoms with Gasteiger partial charge < -0.3 is 15.5 Å². The summed E-state index contributed by atoms with van der Waals surface area (Å²) in [6, 6.07) is 0. The molecule has 1 heterocycles. The van der Waals surface area contributed by atoms with E-state index in [0.717, 1.165) is 31.3 Å². The molecule has 0 aromatic carbocycles. The number of anilines is 2. The van der Waals surface area contributed by atoms with Crippen LogP contribution in [0, 0.1) is 0 Å². The summed E-state index contributed by atoms with van der Waals surface area (Å²) in [5.41, 5.74) is 0. The number of likely N-dealkylation sites (N-methyl/N-ethyl adjacent to an activating group) is 1. The number of nitrogens with zero attached hydrogens (tertiary/aromatic N) is 3. The van der Waals surface area contributed by atoms with Crippen molar-refractivity contribution in [2.45, 2.75) is 6.92 Å². The van der Waals surface area contributed by atoms with Gasteiger partial charge in [-0.2, -0.15) is 0 Å². The van der Waals surface area contributed by atoms with Gasteiger partial charge in [0.05, 0.1) is 12.4 Å². The summed E-state index contributed by atoms with van der Waals surface area (Å²) in [5, 5.41) is 6.18. The van der Waals surface area contributed by atoms with E-state index in [1.165, 1.54) is 0 Å². The Kier molecular flexibility index (Phi) is 4.83. The molecule has 0 aliphatic carbocycles. The normalized spacial score (nSPS) is 10.4. The Morgan fingerprint density at radius 2 is 2.07 bits per heavy atom. The Morgan fingerprint density at radius 1 is 1.33 bits per heavy atom. The van der Waals surface area contributed by atoms with Crippen molar-refractivity contribution >= 4 is 11.6 Å². The Morgan fingerprint density at radius 3 is 2.73 bits per heavy atom. The zero-order valence-electron chi connectivity index (χ0n) is 9.62. The lowest BCUT2D eigenvalue weighted by Crippen LogP contribution is -2.25. The van der Waals surface area contributed by atoms with E-state index in [1.807, 2.05) is 7.05 Å². The van der Waals surface area contributed by atoms with Crippen molar-refractivity contribution in [2.75, 3.05) is 44.4 Å². The van der Waals surface area contributed by atoms with E-state index < -0.39 is 0 Å². The van der Waals surface area contributed by atoms with Crippen molar-refractivity contribution < 1.29 is 0 Å². The molecule has 0 spiro atoms. The minimum absolute atomic E-state index is 0.781. The number of aromatic nitrogens is 2. The standard InChI is InChI=1S/C10H19N5/c1-4-15(3)6-5-13-10-8-12-7-9(11-2)14-10/h7-8H,4-6H2,1-3H3,(H2,11,13,14). The van der Waals surface area contributed by atoms with Gasteiger partial charge in [0.2, 0.25) is 0 Å². The monoisotopic (exact) mass is 209 g/mol. The number of rotatable bonds is 6. The first-order valence-electron chi connectivity index (χ1n) is 5.18. The van der Waals surface area contributed by atoms with Crippen molar-refractivity contribution in [3.05, 3.63) is 12.4 Å². The van der Waals surface area contributed by atoms with Gasteiger partial charge in [-0.05, 0) is 13.6 Å². The fourth-order valence-corrected chi connectivity index (χ4v) is 1.10. The molecular formula is C10H19N5. The lowest BCUT2D eigenvalue weighted by molar-refractivity contribution is 0.367. The quantitative estimate of drug-likeness (QED) is 0.728. The van der Waals surface area contributed by atoms with Gasteiger partial charge >= 0.3 is 0 Å². The molecule has 0 fully saturated rings. The smallest absolute Gasteiger partial charge is 0.147 e. The first kappa shape index (κ1) is 11.7. The first-order chi connectivity index (χ1) is 7.26. The van der Waals surface area contributed by atoms with E-state index in [0.29, 0.717) is 0 Å². The average molecular weight is 209 g/mol. The van der Waals surface area contributed by atoms with Gasteiger partial charge in [-0.15, -0.1) is 0 Å². The van der Waals surface area contributed by atoms with Crippen LogP contribution in [0.15, 0.2) is 12.4 Å². The summed E-state index contributed by atoms with van der Waals surface area (Å²) in [7, 11) is 3.93. The molecule has 0 aliphatic rings. The van der Waals surface area contributed by atoms with E-state index in [4.69, 9.17) is 0 Å². The molecule has 1 rings (SSSR count). The van der Waals surface area contributed by atoms with Crippen molar-refractivity contribution in [3.63, 3.8) is 0 Å². The number of nitrogens with one attached hydrogen (secondary N) is 2. The molecule has 1 aromatic heterocycles. The van der Waals surface area contributed by atoms with Crippen LogP contribution in [0.1, 0.15) is 6.92 Å². The lowest BCUT2D eigenvalue weighted by atomic mass is 10.5. The minimum atomic E-state index is 0.781. The van der Waals surface area contributed by atoms with E-state index >= 15 is 0 Å². The summed E-state index contributed by atoms with van der Waals surface area (Å²) in [4.78, 5) is 10.6. The van der Waals surface area contributed by atoms with Crippen LogP contribution in [-0.2, 0) is 0 Å². The van der Waals surface area contributed by atoms with Crippen LogP contribution in [0.4, 0.5) is 11.6 Å². The van der Waals surface area contributed by atoms with Crippen LogP contribution in [-0.4, -0.2) is 48.6 Å². The predicted molar refractivity (Wildman–Crippen MR) is 63.2 cm³/mol. The Hall–Kier alpha value is -1.36. The number of hydrogen-bond donors (Lipinski definition) is 2. The van der Waals surface area contributed by atoms with Gasteiger partial charge in [0.1, 0.15) is 11.6 Å². The molecule has 0 atom stereocenters. The van der Waals surface area contributed by atoms with Gasteiger partial charge in [0, 0.05) is 20.1 Å². The highest BCUT2D eigenvalue weighted by molar-refractivity contribution is 5.40. The highest BCUT2D eigenvalue weighted by atomic mass is 15.1. The van der Waals surface area contributed by atoms with Gasteiger partial charge in [0.25, 0.3) is 0 Å². The van der Waals surface area contributed by atoms with Crippen LogP contribution in [0.25, 0.3) is 0 Å². The largest absolute Gasteiger partial charge is 0.372 e. The second-order valence-corrected chi connectivity index (χ2v) is 3.36. The molecule has 0 unspecified atom stereocenters. The Bertz CT molecular complexity index is 289. The maximum absolute atomic E-state index is 4.31. The van der Waals surface area contributed by atoms with Gasteiger partial charge in [-0.3, -0.25) is 4.98 Å². The molecule has 0 amide bonds. The molecule has 84 valence electrons. The molecule has 0 saturated heterocycles. The lowest BCUT2D eigenvalue weighted by Gasteiger charge is -2.14. The fraction of sp³-hybridized carbons (Fsp3) is 0.600. The Balaban J connectivity index is 2.37. The molecule has 0 radical (unpaired) electrons. The van der Waals surface area contributed by atoms with Crippen LogP contribution >= 0.6 is 0 Å². The topological polar surface area (TPSA) is 53.1 Å². The fourth-order valence-electron chi connectivity index (χ4n) is 1.10. The molecule has 0 saturated carbocycles. The first-order valence-corrected chi connectivity index (χ1v) is 5.18. The van der Waals surface area contributed by atoms with E-state index in [2.05, 4.69) is 39.5 Å². The van der Waals surface area contributed by atoms with Gasteiger partial charge in [-0.1, -0.05) is 6.92 Å². The van der Waals surface area contributed by atoms with Crippen molar-refractivity contribution in [3.8, 4) is 0 Å². The van der Waals surface area contributed by atoms with Crippen LogP contribution in [0.3, 0.4) is 0 Å². The van der Waals surface area contributed by atoms with Crippen molar-refractivity contribution in [1.82, 2.24) is 14.9 Å². The number of hydrogen-bond acceptors (Lipinski definition) is 5. The maximum atomic E-state index is 4.31. The highest BCUT2D eigenvalue weighted by Crippen LogP contribution is 2.04. The molecule has 15 heavy (non-hydrogen) atoms. The summed E-state index contributed by atoms with van der Waals surface area (Å²) in [5.74, 6) is 1.59. The Labute approximate surface area is 90.9 Å². The van der Waals surface area contributed by atoms with E-state index in [1.54, 1.807) is 12.4 Å². The summed E-state index contributed by atoms with van der Waals surface area (Å²) >= 11 is 0. The second-order valence-electron chi connectivity index (χ2n) is 3.36. The third-order valence-corrected chi connectivity index (χ3v) is 2.23. The zero-order chi connectivity index (χ0) is 11.1. The van der Waals surface area contributed by atoms with Gasteiger partial charge in [-0.25, -0.2) is 4.98 Å². The van der Waals surface area contributed by atoms with E-state index in [-0.39, 0.29) is 0 Å². The van der Waals surface area contributed by atoms with Crippen LogP contribution in [0.2, 0.25) is 0 Å².